The molecule has 0 spiro atoms. The Hall–Kier alpha value is -2.97. The predicted octanol–water partition coefficient (Wildman–Crippen LogP) is 9.88. The number of nitrogens with zero attached hydrogens (tertiary/aromatic N) is 2. The lowest BCUT2D eigenvalue weighted by Gasteiger charge is -2.23. The van der Waals surface area contributed by atoms with Crippen LogP contribution in [0, 0.1) is 46.3 Å². The molecule has 196 valence electrons. The monoisotopic (exact) mass is 566 g/mol. The number of hydrogen-bond donors (Lipinski definition) is 0. The Morgan fingerprint density at radius 2 is 1.10 bits per heavy atom. The summed E-state index contributed by atoms with van der Waals surface area (Å²) in [6, 6.07) is 26.4. The van der Waals surface area contributed by atoms with Gasteiger partial charge >= 0.3 is 0 Å². The topological polar surface area (TPSA) is 9.86 Å². The smallest absolute Gasteiger partial charge is 0.189 e. The molecule has 6 rings (SSSR count). The maximum Gasteiger partial charge on any atom is 0.189 e. The Kier molecular flexibility index (Phi) is 6.66. The first kappa shape index (κ1) is 26.3. The Morgan fingerprint density at radius 1 is 0.667 bits per heavy atom. The average molecular weight is 567 g/mol. The van der Waals surface area contributed by atoms with Gasteiger partial charge in [-0.2, -0.15) is 0 Å². The van der Waals surface area contributed by atoms with Crippen LogP contribution in [0.3, 0.4) is 0 Å². The summed E-state index contributed by atoms with van der Waals surface area (Å²) in [5, 5.41) is 0. The van der Waals surface area contributed by atoms with Crippen LogP contribution in [0.4, 0.5) is 0 Å². The number of halogens is 1. The summed E-state index contributed by atoms with van der Waals surface area (Å²) < 4.78 is 5.21. The SMILES string of the molecule is Cc1cc(C)c(-n2cc(P(Cl)C3c4ccccc4-c4ccccc43)n(-c3c(C)cc(C)cc3C)c2=S)c(C)c1. The molecule has 0 saturated heterocycles. The molecule has 5 heteroatoms. The summed E-state index contributed by atoms with van der Waals surface area (Å²) in [7, 11) is -1.19. The predicted molar refractivity (Wildman–Crippen MR) is 170 cm³/mol. The van der Waals surface area contributed by atoms with Crippen molar-refractivity contribution in [2.24, 2.45) is 0 Å². The summed E-state index contributed by atoms with van der Waals surface area (Å²) in [4.78, 5) is 0. The van der Waals surface area contributed by atoms with Crippen molar-refractivity contribution in [1.29, 1.82) is 0 Å². The Morgan fingerprint density at radius 3 is 1.59 bits per heavy atom. The minimum atomic E-state index is -1.19. The number of imidazole rings is 1. The molecule has 1 aliphatic carbocycles. The van der Waals surface area contributed by atoms with Gasteiger partial charge in [-0.25, -0.2) is 0 Å². The normalized spacial score (nSPS) is 13.4. The van der Waals surface area contributed by atoms with Crippen molar-refractivity contribution >= 4 is 36.2 Å². The molecule has 5 aromatic rings. The van der Waals surface area contributed by atoms with Crippen molar-refractivity contribution in [1.82, 2.24) is 9.13 Å². The van der Waals surface area contributed by atoms with Crippen LogP contribution in [-0.2, 0) is 0 Å². The first-order valence-electron chi connectivity index (χ1n) is 13.3. The van der Waals surface area contributed by atoms with Crippen LogP contribution in [0.15, 0.2) is 79.0 Å². The fraction of sp³-hybridized carbons (Fsp3) is 0.206. The molecule has 0 amide bonds. The molecular formula is C34H32ClN2PS. The second-order valence-corrected chi connectivity index (χ2v) is 13.9. The molecule has 0 bridgehead atoms. The van der Waals surface area contributed by atoms with E-state index in [4.69, 9.17) is 23.5 Å². The molecule has 0 saturated carbocycles. The molecule has 1 aromatic heterocycles. The van der Waals surface area contributed by atoms with Gasteiger partial charge in [0.05, 0.1) is 24.1 Å². The minimum absolute atomic E-state index is 0.0804. The van der Waals surface area contributed by atoms with E-state index in [2.05, 4.69) is 130 Å². The van der Waals surface area contributed by atoms with Crippen LogP contribution in [0.25, 0.3) is 22.5 Å². The number of aryl methyl sites for hydroxylation is 6. The van der Waals surface area contributed by atoms with Gasteiger partial charge in [-0.1, -0.05) is 95.2 Å². The highest BCUT2D eigenvalue weighted by Gasteiger charge is 2.36. The maximum absolute atomic E-state index is 7.72. The van der Waals surface area contributed by atoms with E-state index >= 15 is 0 Å². The first-order valence-corrected chi connectivity index (χ1v) is 16.0. The fourth-order valence-electron chi connectivity index (χ4n) is 6.54. The van der Waals surface area contributed by atoms with Gasteiger partial charge in [-0.15, -0.1) is 0 Å². The molecule has 1 aliphatic rings. The van der Waals surface area contributed by atoms with Gasteiger partial charge in [0.1, 0.15) is 0 Å². The molecule has 0 fully saturated rings. The minimum Gasteiger partial charge on any atom is -0.291 e. The second kappa shape index (κ2) is 9.89. The summed E-state index contributed by atoms with van der Waals surface area (Å²) in [5.74, 6) is 0. The van der Waals surface area contributed by atoms with E-state index in [9.17, 15) is 0 Å². The largest absolute Gasteiger partial charge is 0.291 e. The zero-order valence-electron chi connectivity index (χ0n) is 23.2. The lowest BCUT2D eigenvalue weighted by Crippen LogP contribution is -2.16. The highest BCUT2D eigenvalue weighted by molar-refractivity contribution is 7.90. The van der Waals surface area contributed by atoms with Crippen molar-refractivity contribution in [3.63, 3.8) is 0 Å². The third-order valence-electron chi connectivity index (χ3n) is 7.85. The number of rotatable bonds is 4. The molecular weight excluding hydrogens is 535 g/mol. The average Bonchev–Trinajstić information content (AvgIpc) is 3.38. The second-order valence-electron chi connectivity index (χ2n) is 10.9. The van der Waals surface area contributed by atoms with Gasteiger partial charge < -0.3 is 0 Å². The van der Waals surface area contributed by atoms with Crippen LogP contribution in [-0.4, -0.2) is 9.13 Å². The van der Waals surface area contributed by atoms with E-state index in [1.165, 1.54) is 55.6 Å². The first-order chi connectivity index (χ1) is 18.7. The van der Waals surface area contributed by atoms with Crippen molar-refractivity contribution in [3.05, 3.63) is 128 Å². The summed E-state index contributed by atoms with van der Waals surface area (Å²) in [6.07, 6.45) is 2.22. The maximum atomic E-state index is 7.72. The molecule has 0 N–H and O–H groups in total. The molecule has 1 unspecified atom stereocenters. The van der Waals surface area contributed by atoms with Gasteiger partial charge in [-0.3, -0.25) is 9.13 Å². The van der Waals surface area contributed by atoms with Crippen molar-refractivity contribution in [2.75, 3.05) is 0 Å². The standard InChI is InChI=1S/C34H32ClN2PS/c1-20-15-22(3)31(23(4)16-20)36-19-30(37(34(36)39)32-24(5)17-21(2)18-25(32)6)38(35)33-28-13-9-7-11-26(28)27-12-8-10-14-29(27)33/h7-19,33H,1-6H3. The van der Waals surface area contributed by atoms with E-state index in [-0.39, 0.29) is 5.66 Å². The van der Waals surface area contributed by atoms with Crippen LogP contribution in [0.2, 0.25) is 0 Å². The molecule has 2 nitrogen and oxygen atoms in total. The number of aromatic nitrogens is 2. The summed E-state index contributed by atoms with van der Waals surface area (Å²) in [5.41, 5.74) is 15.9. The zero-order valence-corrected chi connectivity index (χ0v) is 25.7. The Labute approximate surface area is 242 Å². The number of hydrogen-bond acceptors (Lipinski definition) is 1. The van der Waals surface area contributed by atoms with Gasteiger partial charge in [-0.05, 0) is 98.3 Å². The zero-order chi connectivity index (χ0) is 27.6. The van der Waals surface area contributed by atoms with E-state index in [0.717, 1.165) is 21.6 Å². The van der Waals surface area contributed by atoms with Gasteiger partial charge in [0.25, 0.3) is 0 Å². The van der Waals surface area contributed by atoms with Crippen molar-refractivity contribution in [2.45, 2.75) is 47.2 Å². The van der Waals surface area contributed by atoms with Gasteiger partial charge in [0, 0.05) is 11.9 Å². The quantitative estimate of drug-likeness (QED) is 0.155. The highest BCUT2D eigenvalue weighted by Crippen LogP contribution is 2.64. The van der Waals surface area contributed by atoms with Gasteiger partial charge in [0.2, 0.25) is 0 Å². The van der Waals surface area contributed by atoms with Gasteiger partial charge in [0.15, 0.2) is 4.77 Å². The lowest BCUT2D eigenvalue weighted by molar-refractivity contribution is 0.935. The van der Waals surface area contributed by atoms with Crippen LogP contribution >= 0.6 is 30.7 Å². The fourth-order valence-corrected chi connectivity index (χ4v) is 9.74. The van der Waals surface area contributed by atoms with Crippen LogP contribution in [0.5, 0.6) is 0 Å². The third-order valence-corrected chi connectivity index (χ3v) is 11.1. The highest BCUT2D eigenvalue weighted by atomic mass is 35.7. The number of benzene rings is 4. The Bertz CT molecular complexity index is 1740. The summed E-state index contributed by atoms with van der Waals surface area (Å²) in [6.45, 7) is 13.0. The van der Waals surface area contributed by atoms with Crippen molar-refractivity contribution < 1.29 is 0 Å². The molecule has 0 aliphatic heterocycles. The van der Waals surface area contributed by atoms with E-state index in [1.54, 1.807) is 0 Å². The molecule has 4 aromatic carbocycles. The third kappa shape index (κ3) is 4.23. The van der Waals surface area contributed by atoms with Crippen LogP contribution < -0.4 is 5.44 Å². The molecule has 39 heavy (non-hydrogen) atoms. The Balaban J connectivity index is 1.65. The van der Waals surface area contributed by atoms with E-state index < -0.39 is 7.27 Å². The number of fused-ring (bicyclic) bond motifs is 3. The molecule has 1 heterocycles. The van der Waals surface area contributed by atoms with Crippen LogP contribution in [0.1, 0.15) is 50.2 Å². The molecule has 1 atom stereocenters. The lowest BCUT2D eigenvalue weighted by atomic mass is 10.0. The van der Waals surface area contributed by atoms with Crippen molar-refractivity contribution in [3.8, 4) is 22.5 Å². The molecule has 0 radical (unpaired) electrons. The summed E-state index contributed by atoms with van der Waals surface area (Å²) >= 11 is 14.0. The van der Waals surface area contributed by atoms with E-state index in [0.29, 0.717) is 0 Å². The van der Waals surface area contributed by atoms with E-state index in [1.807, 2.05) is 0 Å².